The highest BCUT2D eigenvalue weighted by atomic mass is 19.1. The normalized spacial score (nSPS) is 21.1. The number of nitrogens with two attached hydrogens (primary N) is 1. The van der Waals surface area contributed by atoms with Gasteiger partial charge in [0.1, 0.15) is 11.6 Å². The zero-order valence-electron chi connectivity index (χ0n) is 16.4. The fourth-order valence-electron chi connectivity index (χ4n) is 3.94. The molecular formula is C22H27FN4O2. The van der Waals surface area contributed by atoms with E-state index in [1.165, 1.54) is 6.07 Å². The lowest BCUT2D eigenvalue weighted by Crippen LogP contribution is -2.41. The van der Waals surface area contributed by atoms with E-state index in [-0.39, 0.29) is 17.9 Å². The summed E-state index contributed by atoms with van der Waals surface area (Å²) >= 11 is 0. The topological polar surface area (TPSA) is 72.1 Å². The number of aliphatic imine (C=N–C) groups is 1. The number of morpholine rings is 1. The molecule has 4 rings (SSSR count). The van der Waals surface area contributed by atoms with E-state index >= 15 is 0 Å². The second kappa shape index (κ2) is 9.24. The molecule has 154 valence electrons. The molecule has 2 atom stereocenters. The molecule has 0 bridgehead atoms. The number of ether oxygens (including phenoxy) is 2. The minimum Gasteiger partial charge on any atom is -0.493 e. The number of nitrogens with one attached hydrogen (secondary N) is 1. The van der Waals surface area contributed by atoms with E-state index in [9.17, 15) is 4.39 Å². The summed E-state index contributed by atoms with van der Waals surface area (Å²) in [6, 6.07) is 14.7. The van der Waals surface area contributed by atoms with Crippen molar-refractivity contribution < 1.29 is 13.9 Å². The number of hydrogen-bond acceptors (Lipinski definition) is 4. The van der Waals surface area contributed by atoms with Gasteiger partial charge in [-0.25, -0.2) is 4.39 Å². The highest BCUT2D eigenvalue weighted by Gasteiger charge is 2.24. The van der Waals surface area contributed by atoms with Gasteiger partial charge in [-0.2, -0.15) is 0 Å². The summed E-state index contributed by atoms with van der Waals surface area (Å²) in [5.74, 6) is 1.03. The largest absolute Gasteiger partial charge is 0.493 e. The minimum atomic E-state index is -0.241. The molecule has 6 nitrogen and oxygen atoms in total. The van der Waals surface area contributed by atoms with E-state index in [2.05, 4.69) is 15.2 Å². The van der Waals surface area contributed by atoms with Gasteiger partial charge in [-0.05, 0) is 23.8 Å². The Labute approximate surface area is 170 Å². The van der Waals surface area contributed by atoms with E-state index < -0.39 is 0 Å². The van der Waals surface area contributed by atoms with Crippen molar-refractivity contribution in [1.29, 1.82) is 0 Å². The summed E-state index contributed by atoms with van der Waals surface area (Å²) in [7, 11) is 0. The van der Waals surface area contributed by atoms with Gasteiger partial charge in [-0.3, -0.25) is 9.89 Å². The van der Waals surface area contributed by atoms with Crippen LogP contribution in [0.4, 0.5) is 4.39 Å². The van der Waals surface area contributed by atoms with Crippen LogP contribution < -0.4 is 15.8 Å². The molecule has 29 heavy (non-hydrogen) atoms. The van der Waals surface area contributed by atoms with Crippen molar-refractivity contribution in [2.75, 3.05) is 39.5 Å². The lowest BCUT2D eigenvalue weighted by atomic mass is 10.0. The molecule has 0 amide bonds. The third-order valence-electron chi connectivity index (χ3n) is 5.44. The molecule has 7 heteroatoms. The van der Waals surface area contributed by atoms with Gasteiger partial charge in [0, 0.05) is 25.1 Å². The Morgan fingerprint density at radius 1 is 1.17 bits per heavy atom. The van der Waals surface area contributed by atoms with Gasteiger partial charge in [0.05, 0.1) is 38.4 Å². The van der Waals surface area contributed by atoms with Gasteiger partial charge in [0.25, 0.3) is 0 Å². The van der Waals surface area contributed by atoms with Crippen LogP contribution in [0.3, 0.4) is 0 Å². The van der Waals surface area contributed by atoms with Crippen molar-refractivity contribution in [2.24, 2.45) is 10.7 Å². The lowest BCUT2D eigenvalue weighted by Gasteiger charge is -2.34. The Bertz CT molecular complexity index is 854. The van der Waals surface area contributed by atoms with Crippen molar-refractivity contribution in [3.8, 4) is 5.75 Å². The van der Waals surface area contributed by atoms with Crippen LogP contribution in [0.2, 0.25) is 0 Å². The number of benzene rings is 2. The van der Waals surface area contributed by atoms with Gasteiger partial charge in [0.2, 0.25) is 0 Å². The second-order valence-corrected chi connectivity index (χ2v) is 7.32. The maximum Gasteiger partial charge on any atom is 0.189 e. The third kappa shape index (κ3) is 4.86. The van der Waals surface area contributed by atoms with E-state index in [1.807, 2.05) is 30.3 Å². The van der Waals surface area contributed by atoms with Gasteiger partial charge >= 0.3 is 0 Å². The van der Waals surface area contributed by atoms with E-state index in [0.29, 0.717) is 32.3 Å². The molecule has 2 aliphatic rings. The Hall–Kier alpha value is -2.64. The highest BCUT2D eigenvalue weighted by molar-refractivity contribution is 5.78. The van der Waals surface area contributed by atoms with Gasteiger partial charge in [-0.1, -0.05) is 30.3 Å². The molecule has 2 aliphatic heterocycles. The van der Waals surface area contributed by atoms with Crippen LogP contribution >= 0.6 is 0 Å². The first-order chi connectivity index (χ1) is 14.2. The zero-order valence-corrected chi connectivity index (χ0v) is 16.4. The molecule has 0 aromatic heterocycles. The molecular weight excluding hydrogens is 371 g/mol. The molecule has 0 spiro atoms. The Morgan fingerprint density at radius 2 is 2.00 bits per heavy atom. The fourth-order valence-corrected chi connectivity index (χ4v) is 3.94. The first-order valence-corrected chi connectivity index (χ1v) is 10.1. The average molecular weight is 398 g/mol. The molecule has 2 heterocycles. The first-order valence-electron chi connectivity index (χ1n) is 10.1. The van der Waals surface area contributed by atoms with Crippen LogP contribution in [0.5, 0.6) is 5.75 Å². The predicted octanol–water partition coefficient (Wildman–Crippen LogP) is 2.63. The minimum absolute atomic E-state index is 0.0445. The molecule has 0 radical (unpaired) electrons. The lowest BCUT2D eigenvalue weighted by molar-refractivity contribution is 0.0179. The van der Waals surface area contributed by atoms with Crippen molar-refractivity contribution in [2.45, 2.75) is 18.5 Å². The van der Waals surface area contributed by atoms with E-state index in [1.54, 1.807) is 12.1 Å². The highest BCUT2D eigenvalue weighted by Crippen LogP contribution is 2.31. The smallest absolute Gasteiger partial charge is 0.189 e. The molecule has 0 aliphatic carbocycles. The van der Waals surface area contributed by atoms with Gasteiger partial charge in [0.15, 0.2) is 5.96 Å². The summed E-state index contributed by atoms with van der Waals surface area (Å²) in [6.07, 6.45) is 0.823. The van der Waals surface area contributed by atoms with Crippen LogP contribution in [0, 0.1) is 5.82 Å². The predicted molar refractivity (Wildman–Crippen MR) is 110 cm³/mol. The standard InChI is InChI=1S/C22H27FN4O2/c23-17-5-3-4-16(14-17)20(27-9-12-28-13-10-27)15-25-22(24)26-19-8-11-29-21-7-2-1-6-18(19)21/h1-7,14,19-20H,8-13,15H2,(H3,24,25,26). The number of fused-ring (bicyclic) bond motifs is 1. The second-order valence-electron chi connectivity index (χ2n) is 7.32. The third-order valence-corrected chi connectivity index (χ3v) is 5.44. The molecule has 3 N–H and O–H groups in total. The number of halogens is 1. The zero-order chi connectivity index (χ0) is 20.1. The number of hydrogen-bond donors (Lipinski definition) is 2. The maximum absolute atomic E-state index is 13.8. The van der Waals surface area contributed by atoms with Crippen molar-refractivity contribution in [1.82, 2.24) is 10.2 Å². The number of nitrogens with zero attached hydrogens (tertiary/aromatic N) is 2. The van der Waals surface area contributed by atoms with Crippen LogP contribution in [0.15, 0.2) is 53.5 Å². The number of rotatable bonds is 5. The Balaban J connectivity index is 1.48. The van der Waals surface area contributed by atoms with Crippen LogP contribution in [-0.4, -0.2) is 50.3 Å². The van der Waals surface area contributed by atoms with Crippen molar-refractivity contribution >= 4 is 5.96 Å². The van der Waals surface area contributed by atoms with E-state index in [4.69, 9.17) is 15.2 Å². The first kappa shape index (κ1) is 19.7. The maximum atomic E-state index is 13.8. The SMILES string of the molecule is NC(=NCC(c1cccc(F)c1)N1CCOCC1)NC1CCOc2ccccc21. The van der Waals surface area contributed by atoms with Crippen LogP contribution in [0.1, 0.15) is 29.6 Å². The fraction of sp³-hybridized carbons (Fsp3) is 0.409. The molecule has 0 saturated carbocycles. The number of para-hydroxylation sites is 1. The molecule has 2 unspecified atom stereocenters. The van der Waals surface area contributed by atoms with Crippen molar-refractivity contribution in [3.05, 3.63) is 65.5 Å². The number of guanidine groups is 1. The van der Waals surface area contributed by atoms with Gasteiger partial charge in [-0.15, -0.1) is 0 Å². The quantitative estimate of drug-likeness (QED) is 0.598. The average Bonchev–Trinajstić information content (AvgIpc) is 2.75. The van der Waals surface area contributed by atoms with Gasteiger partial charge < -0.3 is 20.5 Å². The van der Waals surface area contributed by atoms with E-state index in [0.717, 1.165) is 36.4 Å². The molecule has 2 aromatic carbocycles. The summed E-state index contributed by atoms with van der Waals surface area (Å²) in [4.78, 5) is 6.89. The Kier molecular flexibility index (Phi) is 6.27. The molecule has 2 aromatic rings. The monoisotopic (exact) mass is 398 g/mol. The summed E-state index contributed by atoms with van der Waals surface area (Å²) < 4.78 is 25.0. The Morgan fingerprint density at radius 3 is 2.83 bits per heavy atom. The van der Waals surface area contributed by atoms with Crippen molar-refractivity contribution in [3.63, 3.8) is 0 Å². The summed E-state index contributed by atoms with van der Waals surface area (Å²) in [5, 5.41) is 3.33. The summed E-state index contributed by atoms with van der Waals surface area (Å²) in [6.45, 7) is 4.01. The van der Waals surface area contributed by atoms with Crippen LogP contribution in [-0.2, 0) is 4.74 Å². The van der Waals surface area contributed by atoms with Crippen LogP contribution in [0.25, 0.3) is 0 Å². The molecule has 1 saturated heterocycles. The molecule has 1 fully saturated rings. The summed E-state index contributed by atoms with van der Waals surface area (Å²) in [5.41, 5.74) is 8.22.